The molecule has 0 spiro atoms. The van der Waals surface area contributed by atoms with E-state index in [1.807, 2.05) is 0 Å². The Labute approximate surface area is 460 Å². The molecular weight excluding hydrogens is 1070 g/mol. The second-order valence-electron chi connectivity index (χ2n) is 20.1. The summed E-state index contributed by atoms with van der Waals surface area (Å²) in [7, 11) is 9.13. The number of aliphatic hydroxyl groups is 2. The summed E-state index contributed by atoms with van der Waals surface area (Å²) in [5, 5.41) is 26.1. The van der Waals surface area contributed by atoms with Crippen molar-refractivity contribution in [1.82, 2.24) is 30.4 Å². The molecule has 0 saturated carbocycles. The van der Waals surface area contributed by atoms with Gasteiger partial charge in [-0.2, -0.15) is 26.3 Å². The molecule has 428 valence electrons. The van der Waals surface area contributed by atoms with E-state index in [2.05, 4.69) is 30.4 Å². The van der Waals surface area contributed by atoms with Gasteiger partial charge < -0.3 is 49.9 Å². The number of nitrogens with one attached hydrogen (secondary N) is 2. The Hall–Kier alpha value is -6.10. The molecule has 0 radical (unpaired) electrons. The fraction of sp³-hybridized carbons (Fsp3) is 0.519. The van der Waals surface area contributed by atoms with E-state index in [9.17, 15) is 55.7 Å². The van der Waals surface area contributed by atoms with Gasteiger partial charge in [-0.15, -0.1) is 0 Å². The summed E-state index contributed by atoms with van der Waals surface area (Å²) in [5.74, 6) is -1.33. The molecule has 2 aromatic carbocycles. The lowest BCUT2D eigenvalue weighted by Crippen LogP contribution is -2.56. The van der Waals surface area contributed by atoms with E-state index < -0.39 is 58.6 Å². The highest BCUT2D eigenvalue weighted by Crippen LogP contribution is 2.42. The number of carbonyl (C=O) groups is 4. The fourth-order valence-corrected chi connectivity index (χ4v) is 9.68. The Morgan fingerprint density at radius 2 is 0.949 bits per heavy atom. The van der Waals surface area contributed by atoms with Crippen molar-refractivity contribution in [2.24, 2.45) is 11.8 Å². The summed E-state index contributed by atoms with van der Waals surface area (Å²) in [4.78, 5) is 65.6. The van der Waals surface area contributed by atoms with Gasteiger partial charge in [0.25, 0.3) is 34.8 Å². The van der Waals surface area contributed by atoms with Gasteiger partial charge in [-0.25, -0.2) is 9.97 Å². The van der Waals surface area contributed by atoms with Crippen LogP contribution in [0.1, 0.15) is 97.1 Å². The molecule has 16 nitrogen and oxygen atoms in total. The van der Waals surface area contributed by atoms with Gasteiger partial charge in [-0.05, 0) is 126 Å². The molecule has 4 heterocycles. The molecular formula is C54H68Cl2F6N8O8. The van der Waals surface area contributed by atoms with Crippen molar-refractivity contribution in [1.29, 1.82) is 0 Å². The SMILES string of the molecule is COc1cccc([C@@](O)(C(=O)N[C@@H](C)CCC2CCN(c3ccc(C(=O)N(C)C)c(Cl)n3)CC2)C(F)(F)F)c1.COc1cccc([C@@](O)(C(=O)N[C@H](C)CCC2CCN(c3ccc(C(=O)N(C)C)c(Cl)n3)CC2)C(F)(F)F)c1. The molecule has 4 amide bonds. The van der Waals surface area contributed by atoms with Crippen LogP contribution in [-0.2, 0) is 20.8 Å². The van der Waals surface area contributed by atoms with Gasteiger partial charge >= 0.3 is 12.4 Å². The number of anilines is 2. The number of nitrogens with zero attached hydrogens (tertiary/aromatic N) is 6. The molecule has 0 aliphatic carbocycles. The van der Waals surface area contributed by atoms with Crippen molar-refractivity contribution >= 4 is 58.5 Å². The Morgan fingerprint density at radius 1 is 0.615 bits per heavy atom. The number of piperidine rings is 2. The zero-order chi connectivity index (χ0) is 57.9. The van der Waals surface area contributed by atoms with E-state index >= 15 is 0 Å². The molecule has 4 aromatic rings. The Morgan fingerprint density at radius 3 is 1.23 bits per heavy atom. The molecule has 2 aromatic heterocycles. The first-order valence-corrected chi connectivity index (χ1v) is 26.1. The van der Waals surface area contributed by atoms with Crippen LogP contribution in [-0.4, -0.2) is 147 Å². The van der Waals surface area contributed by atoms with Crippen LogP contribution in [0.25, 0.3) is 0 Å². The quantitative estimate of drug-likeness (QED) is 0.0548. The third-order valence-electron chi connectivity index (χ3n) is 14.0. The van der Waals surface area contributed by atoms with Crippen LogP contribution >= 0.6 is 23.2 Å². The third kappa shape index (κ3) is 15.2. The van der Waals surface area contributed by atoms with Crippen molar-refractivity contribution in [3.8, 4) is 11.5 Å². The average molecular weight is 1140 g/mol. The molecule has 0 unspecified atom stereocenters. The smallest absolute Gasteiger partial charge is 0.430 e. The number of ether oxygens (including phenoxy) is 2. The van der Waals surface area contributed by atoms with Gasteiger partial charge in [0.15, 0.2) is 0 Å². The van der Waals surface area contributed by atoms with E-state index in [0.29, 0.717) is 86.5 Å². The largest absolute Gasteiger partial charge is 0.497 e. The molecule has 78 heavy (non-hydrogen) atoms. The lowest BCUT2D eigenvalue weighted by atomic mass is 9.89. The topological polar surface area (TPSA) is 190 Å². The minimum absolute atomic E-state index is 0.0952. The number of amides is 4. The van der Waals surface area contributed by atoms with Crippen molar-refractivity contribution in [3.05, 3.63) is 105 Å². The maximum absolute atomic E-state index is 13.9. The number of alkyl halides is 6. The molecule has 2 saturated heterocycles. The average Bonchev–Trinajstić information content (AvgIpc) is 3.44. The Bertz CT molecular complexity index is 2520. The fourth-order valence-electron chi connectivity index (χ4n) is 9.22. The summed E-state index contributed by atoms with van der Waals surface area (Å²) in [6.45, 7) is 6.08. The summed E-state index contributed by atoms with van der Waals surface area (Å²) >= 11 is 12.5. The van der Waals surface area contributed by atoms with E-state index in [0.717, 1.165) is 49.9 Å². The van der Waals surface area contributed by atoms with E-state index in [4.69, 9.17) is 32.7 Å². The summed E-state index contributed by atoms with van der Waals surface area (Å²) in [5.41, 5.74) is -7.97. The molecule has 4 atom stereocenters. The molecule has 2 aliphatic heterocycles. The van der Waals surface area contributed by atoms with Crippen LogP contribution in [0.15, 0.2) is 72.8 Å². The van der Waals surface area contributed by atoms with Crippen LogP contribution in [0.5, 0.6) is 11.5 Å². The van der Waals surface area contributed by atoms with Gasteiger partial charge in [0, 0.05) is 77.6 Å². The highest BCUT2D eigenvalue weighted by molar-refractivity contribution is 6.33. The van der Waals surface area contributed by atoms with Gasteiger partial charge in [0.2, 0.25) is 0 Å². The van der Waals surface area contributed by atoms with Crippen molar-refractivity contribution in [2.75, 3.05) is 78.4 Å². The number of carbonyl (C=O) groups excluding carboxylic acids is 4. The van der Waals surface area contributed by atoms with Crippen LogP contribution in [0, 0.1) is 11.8 Å². The highest BCUT2D eigenvalue weighted by atomic mass is 35.5. The first-order chi connectivity index (χ1) is 36.5. The highest BCUT2D eigenvalue weighted by Gasteiger charge is 2.62. The number of hydrogen-bond donors (Lipinski definition) is 4. The monoisotopic (exact) mass is 1140 g/mol. The normalized spacial score (nSPS) is 16.8. The van der Waals surface area contributed by atoms with Crippen LogP contribution in [0.2, 0.25) is 10.3 Å². The predicted octanol–water partition coefficient (Wildman–Crippen LogP) is 8.79. The standard InChI is InChI=1S/2C27H34ClF3N4O4/c2*1-17(32-25(37)26(38,27(29,30)31)19-6-5-7-20(16-19)39-4)8-9-18-12-14-35(15-13-18)22-11-10-21(23(28)33-22)24(36)34(2)3/h2*5-7,10-11,16-18,38H,8-9,12-15H2,1-4H3,(H,32,37)/t17-,26+;17-,26-/m01/s1. The molecule has 24 heteroatoms. The van der Waals surface area contributed by atoms with Crippen molar-refractivity contribution in [3.63, 3.8) is 0 Å². The molecule has 0 bridgehead atoms. The van der Waals surface area contributed by atoms with Gasteiger partial charge in [0.1, 0.15) is 33.4 Å². The molecule has 4 N–H and O–H groups in total. The van der Waals surface area contributed by atoms with Crippen molar-refractivity contribution < 1.29 is 65.2 Å². The molecule has 6 rings (SSSR count). The van der Waals surface area contributed by atoms with Crippen LogP contribution in [0.4, 0.5) is 38.0 Å². The summed E-state index contributed by atoms with van der Waals surface area (Å²) in [6, 6.07) is 15.2. The first-order valence-electron chi connectivity index (χ1n) is 25.3. The zero-order valence-corrected chi connectivity index (χ0v) is 46.3. The van der Waals surface area contributed by atoms with Gasteiger partial charge in [-0.3, -0.25) is 19.2 Å². The minimum atomic E-state index is -5.23. The number of methoxy groups -OCH3 is 2. The number of aromatic nitrogens is 2. The summed E-state index contributed by atoms with van der Waals surface area (Å²) in [6.07, 6.45) is -4.85. The first kappa shape index (κ1) is 62.7. The maximum Gasteiger partial charge on any atom is 0.430 e. The van der Waals surface area contributed by atoms with E-state index in [1.54, 1.807) is 66.3 Å². The zero-order valence-electron chi connectivity index (χ0n) is 44.8. The number of rotatable bonds is 18. The lowest BCUT2D eigenvalue weighted by molar-refractivity contribution is -0.257. The van der Waals surface area contributed by atoms with Crippen LogP contribution < -0.4 is 29.9 Å². The van der Waals surface area contributed by atoms with Gasteiger partial charge in [-0.1, -0.05) is 47.5 Å². The number of benzene rings is 2. The lowest BCUT2D eigenvalue weighted by Gasteiger charge is -2.34. The second kappa shape index (κ2) is 26.7. The van der Waals surface area contributed by atoms with Crippen molar-refractivity contribution in [2.45, 2.75) is 101 Å². The number of halogens is 8. The van der Waals surface area contributed by atoms with E-state index in [1.165, 1.54) is 48.3 Å². The maximum atomic E-state index is 13.9. The van der Waals surface area contributed by atoms with Gasteiger partial charge in [0.05, 0.1) is 25.3 Å². The predicted molar refractivity (Wildman–Crippen MR) is 284 cm³/mol. The molecule has 2 aliphatic rings. The number of hydrogen-bond acceptors (Lipinski definition) is 12. The third-order valence-corrected chi connectivity index (χ3v) is 14.6. The van der Waals surface area contributed by atoms with E-state index in [-0.39, 0.29) is 33.6 Å². The Kier molecular flexibility index (Phi) is 21.5. The molecule has 2 fully saturated rings. The second-order valence-corrected chi connectivity index (χ2v) is 20.8. The minimum Gasteiger partial charge on any atom is -0.497 e. The summed E-state index contributed by atoms with van der Waals surface area (Å²) < 4.78 is 93.4. The van der Waals surface area contributed by atoms with Crippen LogP contribution in [0.3, 0.4) is 0 Å². The Balaban J connectivity index is 0.000000287. The number of pyridine rings is 2.